The van der Waals surface area contributed by atoms with Crippen molar-refractivity contribution in [1.82, 2.24) is 5.32 Å². The van der Waals surface area contributed by atoms with Crippen molar-refractivity contribution < 1.29 is 23.9 Å². The summed E-state index contributed by atoms with van der Waals surface area (Å²) in [5, 5.41) is 2.50. The van der Waals surface area contributed by atoms with Crippen LogP contribution in [0.4, 0.5) is 5.69 Å². The van der Waals surface area contributed by atoms with E-state index in [9.17, 15) is 14.4 Å². The van der Waals surface area contributed by atoms with Crippen LogP contribution in [0.25, 0.3) is 0 Å². The molecular weight excluding hydrogens is 384 g/mol. The van der Waals surface area contributed by atoms with Crippen LogP contribution >= 0.6 is 0 Å². The van der Waals surface area contributed by atoms with Crippen LogP contribution in [0.1, 0.15) is 35.7 Å². The number of amides is 2. The van der Waals surface area contributed by atoms with Crippen LogP contribution in [0.3, 0.4) is 0 Å². The molecule has 2 aromatic rings. The van der Waals surface area contributed by atoms with Gasteiger partial charge in [0.25, 0.3) is 11.8 Å². The SMILES string of the molecule is CCCCOc1ccc(C(=O)NCC(=O)OCC(=O)N2CCc3ccccc32)cc1. The van der Waals surface area contributed by atoms with Gasteiger partial charge in [-0.05, 0) is 48.7 Å². The highest BCUT2D eigenvalue weighted by atomic mass is 16.5. The average molecular weight is 410 g/mol. The van der Waals surface area contributed by atoms with E-state index in [1.807, 2.05) is 24.3 Å². The van der Waals surface area contributed by atoms with Gasteiger partial charge in [0, 0.05) is 17.8 Å². The second-order valence-electron chi connectivity index (χ2n) is 6.99. The summed E-state index contributed by atoms with van der Waals surface area (Å²) in [6.07, 6.45) is 2.80. The third-order valence-corrected chi connectivity index (χ3v) is 4.82. The monoisotopic (exact) mass is 410 g/mol. The standard InChI is InChI=1S/C23H26N2O5/c1-2-3-14-29-19-10-8-18(9-11-19)23(28)24-15-22(27)30-16-21(26)25-13-12-17-6-4-5-7-20(17)25/h4-11H,2-3,12-16H2,1H3,(H,24,28). The van der Waals surface area contributed by atoms with E-state index in [1.54, 1.807) is 29.2 Å². The number of benzene rings is 2. The number of nitrogens with one attached hydrogen (secondary N) is 1. The van der Waals surface area contributed by atoms with E-state index in [0.29, 0.717) is 24.5 Å². The maximum Gasteiger partial charge on any atom is 0.325 e. The fourth-order valence-corrected chi connectivity index (χ4v) is 3.16. The molecule has 2 aromatic carbocycles. The summed E-state index contributed by atoms with van der Waals surface area (Å²) in [6.45, 7) is 2.63. The Hall–Kier alpha value is -3.35. The molecule has 0 saturated heterocycles. The van der Waals surface area contributed by atoms with E-state index in [1.165, 1.54) is 0 Å². The molecule has 1 aliphatic heterocycles. The molecule has 1 aliphatic rings. The molecule has 7 heteroatoms. The lowest BCUT2D eigenvalue weighted by atomic mass is 10.2. The van der Waals surface area contributed by atoms with Crippen molar-refractivity contribution in [2.24, 2.45) is 0 Å². The summed E-state index contributed by atoms with van der Waals surface area (Å²) >= 11 is 0. The van der Waals surface area contributed by atoms with Crippen LogP contribution in [0.2, 0.25) is 0 Å². The van der Waals surface area contributed by atoms with Crippen LogP contribution < -0.4 is 15.0 Å². The number of carbonyl (C=O) groups is 3. The highest BCUT2D eigenvalue weighted by Crippen LogP contribution is 2.27. The molecule has 7 nitrogen and oxygen atoms in total. The molecule has 158 valence electrons. The Balaban J connectivity index is 1.40. The normalized spacial score (nSPS) is 12.2. The zero-order valence-electron chi connectivity index (χ0n) is 17.1. The van der Waals surface area contributed by atoms with Crippen molar-refractivity contribution in [3.05, 3.63) is 59.7 Å². The Kier molecular flexibility index (Phi) is 7.43. The molecule has 0 bridgehead atoms. The van der Waals surface area contributed by atoms with Crippen molar-refractivity contribution in [2.45, 2.75) is 26.2 Å². The van der Waals surface area contributed by atoms with Crippen molar-refractivity contribution in [2.75, 3.05) is 31.2 Å². The highest BCUT2D eigenvalue weighted by molar-refractivity contribution is 5.98. The van der Waals surface area contributed by atoms with Gasteiger partial charge in [-0.1, -0.05) is 31.5 Å². The van der Waals surface area contributed by atoms with Crippen LogP contribution in [0.15, 0.2) is 48.5 Å². The van der Waals surface area contributed by atoms with E-state index < -0.39 is 11.9 Å². The van der Waals surface area contributed by atoms with Gasteiger partial charge in [-0.25, -0.2) is 0 Å². The smallest absolute Gasteiger partial charge is 0.325 e. The number of fused-ring (bicyclic) bond motifs is 1. The van der Waals surface area contributed by atoms with E-state index in [2.05, 4.69) is 12.2 Å². The van der Waals surface area contributed by atoms with E-state index in [-0.39, 0.29) is 19.1 Å². The van der Waals surface area contributed by atoms with Gasteiger partial charge in [0.05, 0.1) is 6.61 Å². The summed E-state index contributed by atoms with van der Waals surface area (Å²) in [4.78, 5) is 38.1. The molecule has 0 atom stereocenters. The first-order valence-corrected chi connectivity index (χ1v) is 10.1. The lowest BCUT2D eigenvalue weighted by Gasteiger charge is -2.17. The predicted molar refractivity (Wildman–Crippen MR) is 113 cm³/mol. The number of rotatable bonds is 9. The minimum absolute atomic E-state index is 0.279. The molecule has 0 radical (unpaired) electrons. The van der Waals surface area contributed by atoms with Crippen molar-refractivity contribution in [3.8, 4) is 5.75 Å². The van der Waals surface area contributed by atoms with Gasteiger partial charge in [0.2, 0.25) is 0 Å². The Morgan fingerprint density at radius 2 is 1.83 bits per heavy atom. The molecule has 3 rings (SSSR count). The summed E-state index contributed by atoms with van der Waals surface area (Å²) in [6, 6.07) is 14.4. The lowest BCUT2D eigenvalue weighted by Crippen LogP contribution is -2.35. The number of unbranched alkanes of at least 4 members (excludes halogenated alkanes) is 1. The molecular formula is C23H26N2O5. The molecule has 0 spiro atoms. The van der Waals surface area contributed by atoms with Crippen LogP contribution in [0, 0.1) is 0 Å². The third-order valence-electron chi connectivity index (χ3n) is 4.82. The number of hydrogen-bond acceptors (Lipinski definition) is 5. The number of anilines is 1. The molecule has 2 amide bonds. The number of carbonyl (C=O) groups excluding carboxylic acids is 3. The Morgan fingerprint density at radius 1 is 1.07 bits per heavy atom. The van der Waals surface area contributed by atoms with Gasteiger partial charge < -0.3 is 19.7 Å². The minimum Gasteiger partial charge on any atom is -0.494 e. The number of para-hydroxylation sites is 1. The largest absolute Gasteiger partial charge is 0.494 e. The Bertz CT molecular complexity index is 895. The number of hydrogen-bond donors (Lipinski definition) is 1. The summed E-state index contributed by atoms with van der Waals surface area (Å²) in [5.41, 5.74) is 2.37. The molecule has 30 heavy (non-hydrogen) atoms. The first-order chi connectivity index (χ1) is 14.6. The number of nitrogens with zero attached hydrogens (tertiary/aromatic N) is 1. The first-order valence-electron chi connectivity index (χ1n) is 10.1. The molecule has 0 aliphatic carbocycles. The van der Waals surface area contributed by atoms with E-state index >= 15 is 0 Å². The quantitative estimate of drug-likeness (QED) is 0.508. The predicted octanol–water partition coefficient (Wildman–Crippen LogP) is 2.73. The molecule has 0 unspecified atom stereocenters. The summed E-state index contributed by atoms with van der Waals surface area (Å²) in [5.74, 6) is -0.643. The number of ether oxygens (including phenoxy) is 2. The molecule has 1 N–H and O–H groups in total. The Morgan fingerprint density at radius 3 is 2.60 bits per heavy atom. The summed E-state index contributed by atoms with van der Waals surface area (Å²) < 4.78 is 10.6. The topological polar surface area (TPSA) is 84.9 Å². The van der Waals surface area contributed by atoms with Crippen LogP contribution in [0.5, 0.6) is 5.75 Å². The van der Waals surface area contributed by atoms with Gasteiger partial charge in [-0.3, -0.25) is 14.4 Å². The van der Waals surface area contributed by atoms with Crippen molar-refractivity contribution in [1.29, 1.82) is 0 Å². The van der Waals surface area contributed by atoms with E-state index in [4.69, 9.17) is 9.47 Å². The van der Waals surface area contributed by atoms with Gasteiger partial charge >= 0.3 is 5.97 Å². The summed E-state index contributed by atoms with van der Waals surface area (Å²) in [7, 11) is 0. The van der Waals surface area contributed by atoms with Gasteiger partial charge in [-0.2, -0.15) is 0 Å². The fourth-order valence-electron chi connectivity index (χ4n) is 3.16. The minimum atomic E-state index is -0.663. The maximum atomic E-state index is 12.3. The molecule has 0 fully saturated rings. The maximum absolute atomic E-state index is 12.3. The fraction of sp³-hybridized carbons (Fsp3) is 0.348. The van der Waals surface area contributed by atoms with Crippen LogP contribution in [-0.2, 0) is 20.7 Å². The number of esters is 1. The molecule has 1 heterocycles. The van der Waals surface area contributed by atoms with Gasteiger partial charge in [0.1, 0.15) is 12.3 Å². The lowest BCUT2D eigenvalue weighted by molar-refractivity contribution is -0.146. The second-order valence-corrected chi connectivity index (χ2v) is 6.99. The van der Waals surface area contributed by atoms with E-state index in [0.717, 1.165) is 30.5 Å². The van der Waals surface area contributed by atoms with Gasteiger partial charge in [-0.15, -0.1) is 0 Å². The van der Waals surface area contributed by atoms with Crippen molar-refractivity contribution >= 4 is 23.5 Å². The van der Waals surface area contributed by atoms with Gasteiger partial charge in [0.15, 0.2) is 6.61 Å². The molecule has 0 aromatic heterocycles. The average Bonchev–Trinajstić information content (AvgIpc) is 3.21. The second kappa shape index (κ2) is 10.4. The first kappa shape index (κ1) is 21.4. The zero-order chi connectivity index (χ0) is 21.3. The zero-order valence-corrected chi connectivity index (χ0v) is 17.1. The highest BCUT2D eigenvalue weighted by Gasteiger charge is 2.24. The third kappa shape index (κ3) is 5.59. The Labute approximate surface area is 176 Å². The van der Waals surface area contributed by atoms with Crippen molar-refractivity contribution in [3.63, 3.8) is 0 Å². The molecule has 0 saturated carbocycles. The van der Waals surface area contributed by atoms with Crippen LogP contribution in [-0.4, -0.2) is 44.1 Å².